The monoisotopic (exact) mass is 420 g/mol. The van der Waals surface area contributed by atoms with E-state index in [1.165, 1.54) is 6.92 Å². The second kappa shape index (κ2) is 9.53. The third kappa shape index (κ3) is 5.35. The number of carbonyl (C=O) groups excluding carboxylic acids is 2. The zero-order valence-corrected chi connectivity index (χ0v) is 17.4. The summed E-state index contributed by atoms with van der Waals surface area (Å²) in [6, 6.07) is 14.4. The van der Waals surface area contributed by atoms with Crippen LogP contribution in [0.3, 0.4) is 0 Å². The van der Waals surface area contributed by atoms with E-state index in [-0.39, 0.29) is 24.0 Å². The van der Waals surface area contributed by atoms with Crippen LogP contribution in [-0.4, -0.2) is 57.8 Å². The number of pyridine rings is 1. The largest absolute Gasteiger partial charge is 0.486 e. The van der Waals surface area contributed by atoms with E-state index in [4.69, 9.17) is 9.26 Å². The minimum absolute atomic E-state index is 0.0295. The van der Waals surface area contributed by atoms with E-state index in [0.29, 0.717) is 30.2 Å². The van der Waals surface area contributed by atoms with Crippen LogP contribution >= 0.6 is 0 Å². The standard InChI is InChI=1S/C23H24N4O4/c1-17(28)18-5-4-7-20(13-18)30-16-21-14-22(25-31-21)23(29)27-11-9-26(10-12-27)15-19-6-2-3-8-24-19/h2-8,13-14H,9-12,15-16H2,1H3. The number of hydrogen-bond acceptors (Lipinski definition) is 7. The summed E-state index contributed by atoms with van der Waals surface area (Å²) in [5, 5.41) is 3.91. The van der Waals surface area contributed by atoms with Gasteiger partial charge in [0.15, 0.2) is 17.2 Å². The van der Waals surface area contributed by atoms with E-state index in [2.05, 4.69) is 15.0 Å². The minimum Gasteiger partial charge on any atom is -0.486 e. The molecule has 1 aliphatic heterocycles. The second-order valence-corrected chi connectivity index (χ2v) is 7.44. The fourth-order valence-corrected chi connectivity index (χ4v) is 3.43. The highest BCUT2D eigenvalue weighted by molar-refractivity contribution is 5.94. The molecule has 0 aliphatic carbocycles. The molecular formula is C23H24N4O4. The average Bonchev–Trinajstić information content (AvgIpc) is 3.28. The van der Waals surface area contributed by atoms with Gasteiger partial charge >= 0.3 is 0 Å². The van der Waals surface area contributed by atoms with E-state index < -0.39 is 0 Å². The van der Waals surface area contributed by atoms with Gasteiger partial charge in [0.25, 0.3) is 5.91 Å². The Morgan fingerprint density at radius 1 is 1.06 bits per heavy atom. The van der Waals surface area contributed by atoms with Gasteiger partial charge in [-0.15, -0.1) is 0 Å². The Balaban J connectivity index is 1.28. The molecule has 31 heavy (non-hydrogen) atoms. The maximum Gasteiger partial charge on any atom is 0.276 e. The van der Waals surface area contributed by atoms with Crippen LogP contribution in [0.25, 0.3) is 0 Å². The number of amides is 1. The number of carbonyl (C=O) groups is 2. The molecule has 1 amide bonds. The zero-order valence-electron chi connectivity index (χ0n) is 17.4. The van der Waals surface area contributed by atoms with Crippen molar-refractivity contribution in [1.29, 1.82) is 0 Å². The summed E-state index contributed by atoms with van der Waals surface area (Å²) >= 11 is 0. The normalized spacial score (nSPS) is 14.4. The lowest BCUT2D eigenvalue weighted by atomic mass is 10.1. The van der Waals surface area contributed by atoms with Gasteiger partial charge in [0.05, 0.1) is 5.69 Å². The van der Waals surface area contributed by atoms with Gasteiger partial charge in [-0.1, -0.05) is 23.4 Å². The number of hydrogen-bond donors (Lipinski definition) is 0. The fourth-order valence-electron chi connectivity index (χ4n) is 3.43. The molecule has 3 heterocycles. The maximum absolute atomic E-state index is 12.8. The first kappa shape index (κ1) is 20.7. The molecule has 0 bridgehead atoms. The number of ketones is 1. The smallest absolute Gasteiger partial charge is 0.276 e. The Morgan fingerprint density at radius 2 is 1.90 bits per heavy atom. The number of rotatable bonds is 7. The van der Waals surface area contributed by atoms with Gasteiger partial charge < -0.3 is 14.2 Å². The fraction of sp³-hybridized carbons (Fsp3) is 0.304. The molecule has 0 radical (unpaired) electrons. The van der Waals surface area contributed by atoms with Gasteiger partial charge in [-0.3, -0.25) is 19.5 Å². The highest BCUT2D eigenvalue weighted by Crippen LogP contribution is 2.17. The predicted octanol–water partition coefficient (Wildman–Crippen LogP) is 2.81. The summed E-state index contributed by atoms with van der Waals surface area (Å²) < 4.78 is 10.9. The first-order valence-electron chi connectivity index (χ1n) is 10.2. The molecule has 0 atom stereocenters. The molecule has 3 aromatic rings. The number of benzene rings is 1. The van der Waals surface area contributed by atoms with Crippen molar-refractivity contribution in [2.75, 3.05) is 26.2 Å². The van der Waals surface area contributed by atoms with Crippen molar-refractivity contribution in [3.63, 3.8) is 0 Å². The number of piperazine rings is 1. The number of Topliss-reactive ketones (excluding diaryl/α,β-unsaturated/α-hetero) is 1. The maximum atomic E-state index is 12.8. The molecule has 1 aromatic carbocycles. The van der Waals surface area contributed by atoms with Crippen molar-refractivity contribution in [1.82, 2.24) is 19.9 Å². The Hall–Kier alpha value is -3.52. The van der Waals surface area contributed by atoms with Crippen molar-refractivity contribution in [2.45, 2.75) is 20.1 Å². The van der Waals surface area contributed by atoms with Gasteiger partial charge in [-0.05, 0) is 31.2 Å². The van der Waals surface area contributed by atoms with Gasteiger partial charge in [-0.25, -0.2) is 0 Å². The Morgan fingerprint density at radius 3 is 2.65 bits per heavy atom. The molecule has 1 aliphatic rings. The van der Waals surface area contributed by atoms with E-state index in [9.17, 15) is 9.59 Å². The van der Waals surface area contributed by atoms with Crippen LogP contribution in [0.2, 0.25) is 0 Å². The number of nitrogens with zero attached hydrogens (tertiary/aromatic N) is 4. The molecular weight excluding hydrogens is 396 g/mol. The quantitative estimate of drug-likeness (QED) is 0.543. The zero-order chi connectivity index (χ0) is 21.6. The third-order valence-electron chi connectivity index (χ3n) is 5.17. The Kier molecular flexibility index (Phi) is 6.37. The predicted molar refractivity (Wildman–Crippen MR) is 113 cm³/mol. The summed E-state index contributed by atoms with van der Waals surface area (Å²) in [6.45, 7) is 5.22. The molecule has 8 heteroatoms. The lowest BCUT2D eigenvalue weighted by Gasteiger charge is -2.34. The summed E-state index contributed by atoms with van der Waals surface area (Å²) in [4.78, 5) is 32.7. The van der Waals surface area contributed by atoms with Crippen LogP contribution in [-0.2, 0) is 13.2 Å². The van der Waals surface area contributed by atoms with Crippen molar-refractivity contribution >= 4 is 11.7 Å². The van der Waals surface area contributed by atoms with Crippen molar-refractivity contribution in [2.24, 2.45) is 0 Å². The van der Waals surface area contributed by atoms with E-state index in [1.54, 1.807) is 41.4 Å². The summed E-state index contributed by atoms with van der Waals surface area (Å²) in [7, 11) is 0. The molecule has 160 valence electrons. The lowest BCUT2D eigenvalue weighted by Crippen LogP contribution is -2.48. The average molecular weight is 420 g/mol. The Bertz CT molecular complexity index is 1040. The SMILES string of the molecule is CC(=O)c1cccc(OCc2cc(C(=O)N3CCN(Cc4ccccn4)CC3)no2)c1. The summed E-state index contributed by atoms with van der Waals surface area (Å²) in [5.41, 5.74) is 1.87. The molecule has 0 saturated carbocycles. The first-order chi connectivity index (χ1) is 15.1. The van der Waals surface area contributed by atoms with Crippen molar-refractivity contribution in [3.05, 3.63) is 77.4 Å². The highest BCUT2D eigenvalue weighted by atomic mass is 16.5. The van der Waals surface area contributed by atoms with Gasteiger partial charge in [-0.2, -0.15) is 0 Å². The van der Waals surface area contributed by atoms with Gasteiger partial charge in [0.2, 0.25) is 0 Å². The molecule has 4 rings (SSSR count). The second-order valence-electron chi connectivity index (χ2n) is 7.44. The van der Waals surface area contributed by atoms with Crippen LogP contribution in [0.15, 0.2) is 59.3 Å². The first-order valence-corrected chi connectivity index (χ1v) is 10.2. The van der Waals surface area contributed by atoms with Crippen molar-refractivity contribution < 1.29 is 18.8 Å². The molecule has 1 saturated heterocycles. The third-order valence-corrected chi connectivity index (χ3v) is 5.17. The molecule has 1 fully saturated rings. The van der Waals surface area contributed by atoms with Crippen LogP contribution in [0.1, 0.15) is 39.2 Å². The molecule has 2 aromatic heterocycles. The van der Waals surface area contributed by atoms with Gasteiger partial charge in [0.1, 0.15) is 12.4 Å². The van der Waals surface area contributed by atoms with E-state index in [1.807, 2.05) is 18.2 Å². The van der Waals surface area contributed by atoms with E-state index >= 15 is 0 Å². The molecule has 0 spiro atoms. The number of ether oxygens (including phenoxy) is 1. The molecule has 8 nitrogen and oxygen atoms in total. The lowest BCUT2D eigenvalue weighted by molar-refractivity contribution is 0.0616. The number of aromatic nitrogens is 2. The van der Waals surface area contributed by atoms with E-state index in [0.717, 1.165) is 25.3 Å². The highest BCUT2D eigenvalue weighted by Gasteiger charge is 2.24. The van der Waals surface area contributed by atoms with Crippen LogP contribution < -0.4 is 4.74 Å². The summed E-state index contributed by atoms with van der Waals surface area (Å²) in [5.74, 6) is 0.829. The van der Waals surface area contributed by atoms with Crippen LogP contribution in [0.5, 0.6) is 5.75 Å². The molecule has 0 unspecified atom stereocenters. The minimum atomic E-state index is -0.147. The topological polar surface area (TPSA) is 88.8 Å². The Labute approximate surface area is 180 Å². The van der Waals surface area contributed by atoms with Gasteiger partial charge in [0, 0.05) is 50.6 Å². The van der Waals surface area contributed by atoms with Crippen molar-refractivity contribution in [3.8, 4) is 5.75 Å². The van der Waals surface area contributed by atoms with Crippen LogP contribution in [0, 0.1) is 0 Å². The molecule has 0 N–H and O–H groups in total. The van der Waals surface area contributed by atoms with Crippen LogP contribution in [0.4, 0.5) is 0 Å². The summed E-state index contributed by atoms with van der Waals surface area (Å²) in [6.07, 6.45) is 1.79.